The molecular formula is C23H20ClN3O6S. The lowest BCUT2D eigenvalue weighted by Gasteiger charge is -2.23. The fourth-order valence-corrected chi connectivity index (χ4v) is 4.40. The van der Waals surface area contributed by atoms with E-state index in [1.165, 1.54) is 86.1 Å². The summed E-state index contributed by atoms with van der Waals surface area (Å²) >= 11 is 5.93. The van der Waals surface area contributed by atoms with Gasteiger partial charge in [0.25, 0.3) is 15.9 Å². The molecular weight excluding hydrogens is 482 g/mol. The summed E-state index contributed by atoms with van der Waals surface area (Å²) in [6, 6.07) is 17.6. The van der Waals surface area contributed by atoms with Gasteiger partial charge in [-0.1, -0.05) is 23.7 Å². The number of halogens is 1. The number of amides is 1. The SMILES string of the molecule is COc1ccc(S(=O)(=O)N(CC(=O)N/N=C/c2ccc(C(=O)O)cc2)c2ccc(Cl)cc2)cc1. The second-order valence-electron chi connectivity index (χ2n) is 6.88. The second kappa shape index (κ2) is 10.8. The van der Waals surface area contributed by atoms with Gasteiger partial charge in [-0.05, 0) is 66.2 Å². The molecule has 3 aromatic carbocycles. The van der Waals surface area contributed by atoms with Crippen LogP contribution in [0, 0.1) is 0 Å². The third kappa shape index (κ3) is 6.12. The molecule has 0 fully saturated rings. The molecule has 0 aliphatic carbocycles. The van der Waals surface area contributed by atoms with E-state index in [1.807, 2.05) is 0 Å². The van der Waals surface area contributed by atoms with Crippen LogP contribution in [0.3, 0.4) is 0 Å². The van der Waals surface area contributed by atoms with Crippen LogP contribution >= 0.6 is 11.6 Å². The number of carbonyl (C=O) groups is 2. The quantitative estimate of drug-likeness (QED) is 0.342. The number of hydrogen-bond acceptors (Lipinski definition) is 6. The maximum atomic E-state index is 13.3. The molecule has 11 heteroatoms. The summed E-state index contributed by atoms with van der Waals surface area (Å²) in [5, 5.41) is 13.2. The predicted octanol–water partition coefficient (Wildman–Crippen LogP) is 3.39. The molecule has 0 saturated heterocycles. The Kier molecular flexibility index (Phi) is 7.87. The molecule has 0 atom stereocenters. The van der Waals surface area contributed by atoms with Crippen LogP contribution in [0.5, 0.6) is 5.75 Å². The van der Waals surface area contributed by atoms with Crippen LogP contribution in [-0.2, 0) is 14.8 Å². The fraction of sp³-hybridized carbons (Fsp3) is 0.0870. The lowest BCUT2D eigenvalue weighted by molar-refractivity contribution is -0.119. The number of benzene rings is 3. The van der Waals surface area contributed by atoms with Gasteiger partial charge in [0.15, 0.2) is 0 Å². The van der Waals surface area contributed by atoms with E-state index in [0.29, 0.717) is 16.3 Å². The summed E-state index contributed by atoms with van der Waals surface area (Å²) in [6.45, 7) is -0.550. The highest BCUT2D eigenvalue weighted by Crippen LogP contribution is 2.26. The zero-order valence-corrected chi connectivity index (χ0v) is 19.5. The molecule has 0 spiro atoms. The van der Waals surface area contributed by atoms with Gasteiger partial charge >= 0.3 is 5.97 Å². The average molecular weight is 502 g/mol. The van der Waals surface area contributed by atoms with Gasteiger partial charge < -0.3 is 9.84 Å². The number of hydrogen-bond donors (Lipinski definition) is 2. The van der Waals surface area contributed by atoms with Crippen molar-refractivity contribution < 1.29 is 27.9 Å². The Morgan fingerprint density at radius 1 is 1.03 bits per heavy atom. The maximum Gasteiger partial charge on any atom is 0.335 e. The number of ether oxygens (including phenoxy) is 1. The largest absolute Gasteiger partial charge is 0.497 e. The van der Waals surface area contributed by atoms with Crippen molar-refractivity contribution in [2.24, 2.45) is 5.10 Å². The summed E-state index contributed by atoms with van der Waals surface area (Å²) in [5.41, 5.74) is 3.18. The Balaban J connectivity index is 1.80. The maximum absolute atomic E-state index is 13.3. The molecule has 0 unspecified atom stereocenters. The molecule has 3 rings (SSSR count). The molecule has 0 heterocycles. The highest BCUT2D eigenvalue weighted by Gasteiger charge is 2.27. The first-order valence-corrected chi connectivity index (χ1v) is 11.6. The summed E-state index contributed by atoms with van der Waals surface area (Å²) in [5.74, 6) is -1.26. The Bertz CT molecular complexity index is 1290. The van der Waals surface area contributed by atoms with Gasteiger partial charge in [-0.15, -0.1) is 0 Å². The van der Waals surface area contributed by atoms with E-state index in [0.717, 1.165) is 4.31 Å². The zero-order chi connectivity index (χ0) is 24.7. The van der Waals surface area contributed by atoms with E-state index < -0.39 is 28.4 Å². The minimum absolute atomic E-state index is 0.0296. The third-order valence-corrected chi connectivity index (χ3v) is 6.65. The minimum atomic E-state index is -4.11. The number of carboxylic acid groups (broad SMARTS) is 1. The van der Waals surface area contributed by atoms with Crippen molar-refractivity contribution in [3.63, 3.8) is 0 Å². The standard InChI is InChI=1S/C23H20ClN3O6S/c1-33-20-10-12-21(13-11-20)34(31,32)27(19-8-6-18(24)7-9-19)15-22(28)26-25-14-16-2-4-17(5-3-16)23(29)30/h2-14H,15H2,1H3,(H,26,28)(H,29,30)/b25-14+. The number of methoxy groups -OCH3 is 1. The monoisotopic (exact) mass is 501 g/mol. The molecule has 0 radical (unpaired) electrons. The van der Waals surface area contributed by atoms with Crippen LogP contribution in [0.25, 0.3) is 0 Å². The van der Waals surface area contributed by atoms with Crippen LogP contribution in [-0.4, -0.2) is 45.3 Å². The molecule has 3 aromatic rings. The summed E-state index contributed by atoms with van der Waals surface area (Å²) in [7, 11) is -2.64. The van der Waals surface area contributed by atoms with E-state index >= 15 is 0 Å². The van der Waals surface area contributed by atoms with Crippen molar-refractivity contribution in [2.75, 3.05) is 18.0 Å². The van der Waals surface area contributed by atoms with E-state index in [-0.39, 0.29) is 16.1 Å². The molecule has 0 aromatic heterocycles. The number of anilines is 1. The molecule has 0 bridgehead atoms. The predicted molar refractivity (Wildman–Crippen MR) is 128 cm³/mol. The number of sulfonamides is 1. The zero-order valence-electron chi connectivity index (χ0n) is 17.9. The first kappa shape index (κ1) is 24.7. The lowest BCUT2D eigenvalue weighted by Crippen LogP contribution is -2.39. The van der Waals surface area contributed by atoms with Crippen LogP contribution in [0.1, 0.15) is 15.9 Å². The lowest BCUT2D eigenvalue weighted by atomic mass is 10.1. The van der Waals surface area contributed by atoms with Gasteiger partial charge in [-0.25, -0.2) is 18.6 Å². The van der Waals surface area contributed by atoms with Crippen LogP contribution in [0.2, 0.25) is 5.02 Å². The van der Waals surface area contributed by atoms with Gasteiger partial charge in [-0.2, -0.15) is 5.10 Å². The number of aromatic carboxylic acids is 1. The normalized spacial score (nSPS) is 11.2. The highest BCUT2D eigenvalue weighted by atomic mass is 35.5. The average Bonchev–Trinajstić information content (AvgIpc) is 2.83. The summed E-state index contributed by atoms with van der Waals surface area (Å²) < 4.78 is 32.7. The van der Waals surface area contributed by atoms with Crippen molar-refractivity contribution in [3.05, 3.63) is 88.9 Å². The van der Waals surface area contributed by atoms with E-state index in [4.69, 9.17) is 21.4 Å². The number of nitrogens with zero attached hydrogens (tertiary/aromatic N) is 2. The molecule has 0 aliphatic heterocycles. The number of rotatable bonds is 9. The topological polar surface area (TPSA) is 125 Å². The smallest absolute Gasteiger partial charge is 0.335 e. The summed E-state index contributed by atoms with van der Waals surface area (Å²) in [4.78, 5) is 23.4. The van der Waals surface area contributed by atoms with Crippen molar-refractivity contribution in [2.45, 2.75) is 4.90 Å². The first-order valence-electron chi connectivity index (χ1n) is 9.78. The number of nitrogens with one attached hydrogen (secondary N) is 1. The van der Waals surface area contributed by atoms with Gasteiger partial charge in [0.2, 0.25) is 0 Å². The van der Waals surface area contributed by atoms with Gasteiger partial charge in [0, 0.05) is 5.02 Å². The van der Waals surface area contributed by atoms with Crippen molar-refractivity contribution >= 4 is 45.4 Å². The number of carbonyl (C=O) groups excluding carboxylic acids is 1. The second-order valence-corrected chi connectivity index (χ2v) is 9.18. The van der Waals surface area contributed by atoms with E-state index in [9.17, 15) is 18.0 Å². The molecule has 9 nitrogen and oxygen atoms in total. The Morgan fingerprint density at radius 2 is 1.65 bits per heavy atom. The highest BCUT2D eigenvalue weighted by molar-refractivity contribution is 7.92. The van der Waals surface area contributed by atoms with Gasteiger partial charge in [-0.3, -0.25) is 9.10 Å². The molecule has 0 aliphatic rings. The van der Waals surface area contributed by atoms with Crippen LogP contribution in [0.4, 0.5) is 5.69 Å². The third-order valence-electron chi connectivity index (χ3n) is 4.61. The Labute approximate surface area is 201 Å². The van der Waals surface area contributed by atoms with Crippen LogP contribution in [0.15, 0.2) is 82.8 Å². The van der Waals surface area contributed by atoms with Crippen molar-refractivity contribution in [1.29, 1.82) is 0 Å². The Morgan fingerprint density at radius 3 is 2.21 bits per heavy atom. The first-order chi connectivity index (χ1) is 16.2. The number of carboxylic acids is 1. The molecule has 0 saturated carbocycles. The van der Waals surface area contributed by atoms with E-state index in [1.54, 1.807) is 0 Å². The Hall–Kier alpha value is -3.89. The van der Waals surface area contributed by atoms with Crippen molar-refractivity contribution in [1.82, 2.24) is 5.43 Å². The molecule has 176 valence electrons. The molecule has 34 heavy (non-hydrogen) atoms. The molecule has 2 N–H and O–H groups in total. The fourth-order valence-electron chi connectivity index (χ4n) is 2.85. The van der Waals surface area contributed by atoms with Gasteiger partial charge in [0.1, 0.15) is 12.3 Å². The van der Waals surface area contributed by atoms with Gasteiger partial charge in [0.05, 0.1) is 29.5 Å². The number of hydrazone groups is 1. The minimum Gasteiger partial charge on any atom is -0.497 e. The van der Waals surface area contributed by atoms with Crippen LogP contribution < -0.4 is 14.5 Å². The summed E-state index contributed by atoms with van der Waals surface area (Å²) in [6.07, 6.45) is 1.31. The van der Waals surface area contributed by atoms with Crippen molar-refractivity contribution in [3.8, 4) is 5.75 Å². The van der Waals surface area contributed by atoms with E-state index in [2.05, 4.69) is 10.5 Å². The molecule has 1 amide bonds.